The molecule has 0 spiro atoms. The summed E-state index contributed by atoms with van der Waals surface area (Å²) < 4.78 is 5.53. The highest BCUT2D eigenvalue weighted by Crippen LogP contribution is 2.08. The van der Waals surface area contributed by atoms with Gasteiger partial charge in [-0.1, -0.05) is 18.2 Å². The number of benzene rings is 1. The minimum atomic E-state index is 0.490. The maximum atomic E-state index is 5.55. The predicted octanol–water partition coefficient (Wildman–Crippen LogP) is 1.68. The third-order valence-corrected chi connectivity index (χ3v) is 2.06. The Morgan fingerprint density at radius 1 is 1.12 bits per heavy atom. The van der Waals surface area contributed by atoms with Crippen LogP contribution >= 0.6 is 0 Å². The van der Waals surface area contributed by atoms with Gasteiger partial charge in [0.1, 0.15) is 17.4 Å². The van der Waals surface area contributed by atoms with Gasteiger partial charge in [-0.05, 0) is 18.2 Å². The van der Waals surface area contributed by atoms with E-state index in [9.17, 15) is 0 Å². The van der Waals surface area contributed by atoms with Crippen molar-refractivity contribution in [2.75, 3.05) is 12.3 Å². The number of anilines is 1. The van der Waals surface area contributed by atoms with Crippen LogP contribution in [0.15, 0.2) is 42.6 Å². The standard InChI is InChI=1S/C12H13N3O/c13-11-6-8-14-12(15-11)7-9-16-10-4-2-1-3-5-10/h1-6,8H,7,9H2,(H2,13,14,15). The summed E-state index contributed by atoms with van der Waals surface area (Å²) in [6, 6.07) is 11.3. The van der Waals surface area contributed by atoms with Crippen molar-refractivity contribution in [3.05, 3.63) is 48.4 Å². The molecule has 0 saturated heterocycles. The van der Waals surface area contributed by atoms with E-state index in [0.717, 1.165) is 5.75 Å². The van der Waals surface area contributed by atoms with E-state index in [1.807, 2.05) is 30.3 Å². The van der Waals surface area contributed by atoms with Gasteiger partial charge in [0.05, 0.1) is 6.61 Å². The zero-order chi connectivity index (χ0) is 11.2. The lowest BCUT2D eigenvalue weighted by atomic mass is 10.3. The first-order valence-corrected chi connectivity index (χ1v) is 5.10. The Hall–Kier alpha value is -2.10. The van der Waals surface area contributed by atoms with Crippen molar-refractivity contribution in [1.82, 2.24) is 9.97 Å². The Bertz CT molecular complexity index is 445. The van der Waals surface area contributed by atoms with Gasteiger partial charge in [0.25, 0.3) is 0 Å². The lowest BCUT2D eigenvalue weighted by Crippen LogP contribution is -2.05. The lowest BCUT2D eigenvalue weighted by molar-refractivity contribution is 0.319. The van der Waals surface area contributed by atoms with E-state index in [-0.39, 0.29) is 0 Å². The van der Waals surface area contributed by atoms with Crippen LogP contribution in [0, 0.1) is 0 Å². The summed E-state index contributed by atoms with van der Waals surface area (Å²) >= 11 is 0. The fraction of sp³-hybridized carbons (Fsp3) is 0.167. The Morgan fingerprint density at radius 3 is 2.69 bits per heavy atom. The van der Waals surface area contributed by atoms with Gasteiger partial charge in [0.2, 0.25) is 0 Å². The second-order valence-electron chi connectivity index (χ2n) is 3.31. The molecule has 0 fully saturated rings. The van der Waals surface area contributed by atoms with Crippen molar-refractivity contribution >= 4 is 5.82 Å². The second-order valence-corrected chi connectivity index (χ2v) is 3.31. The highest BCUT2D eigenvalue weighted by molar-refractivity contribution is 5.25. The van der Waals surface area contributed by atoms with E-state index in [1.54, 1.807) is 12.3 Å². The first-order valence-electron chi connectivity index (χ1n) is 5.10. The maximum absolute atomic E-state index is 5.55. The first-order chi connectivity index (χ1) is 7.84. The van der Waals surface area contributed by atoms with E-state index in [4.69, 9.17) is 10.5 Å². The molecule has 1 heterocycles. The van der Waals surface area contributed by atoms with Crippen LogP contribution in [0.5, 0.6) is 5.75 Å². The van der Waals surface area contributed by atoms with Crippen molar-refractivity contribution < 1.29 is 4.74 Å². The molecule has 2 rings (SSSR count). The van der Waals surface area contributed by atoms with Crippen LogP contribution < -0.4 is 10.5 Å². The van der Waals surface area contributed by atoms with E-state index < -0.39 is 0 Å². The fourth-order valence-corrected chi connectivity index (χ4v) is 1.31. The van der Waals surface area contributed by atoms with Crippen LogP contribution in [-0.4, -0.2) is 16.6 Å². The number of hydrogen-bond acceptors (Lipinski definition) is 4. The fourth-order valence-electron chi connectivity index (χ4n) is 1.31. The molecule has 0 aliphatic carbocycles. The quantitative estimate of drug-likeness (QED) is 0.842. The summed E-state index contributed by atoms with van der Waals surface area (Å²) in [7, 11) is 0. The molecular weight excluding hydrogens is 202 g/mol. The van der Waals surface area contributed by atoms with Crippen LogP contribution in [0.4, 0.5) is 5.82 Å². The van der Waals surface area contributed by atoms with Gasteiger partial charge in [-0.2, -0.15) is 0 Å². The smallest absolute Gasteiger partial charge is 0.134 e. The van der Waals surface area contributed by atoms with Crippen molar-refractivity contribution in [1.29, 1.82) is 0 Å². The normalized spacial score (nSPS) is 10.0. The highest BCUT2D eigenvalue weighted by Gasteiger charge is 1.98. The van der Waals surface area contributed by atoms with Gasteiger partial charge in [0, 0.05) is 12.6 Å². The number of nitrogen functional groups attached to an aromatic ring is 1. The molecule has 0 amide bonds. The lowest BCUT2D eigenvalue weighted by Gasteiger charge is -2.04. The predicted molar refractivity (Wildman–Crippen MR) is 62.1 cm³/mol. The molecule has 0 radical (unpaired) electrons. The Labute approximate surface area is 94.1 Å². The number of nitrogens with two attached hydrogens (primary N) is 1. The number of nitrogens with zero attached hydrogens (tertiary/aromatic N) is 2. The summed E-state index contributed by atoms with van der Waals surface area (Å²) in [5.74, 6) is 2.05. The third-order valence-electron chi connectivity index (χ3n) is 2.06. The molecule has 16 heavy (non-hydrogen) atoms. The number of ether oxygens (including phenoxy) is 1. The maximum Gasteiger partial charge on any atom is 0.134 e. The van der Waals surface area contributed by atoms with E-state index in [0.29, 0.717) is 24.7 Å². The minimum absolute atomic E-state index is 0.490. The van der Waals surface area contributed by atoms with Gasteiger partial charge >= 0.3 is 0 Å². The molecule has 2 N–H and O–H groups in total. The topological polar surface area (TPSA) is 61.0 Å². The zero-order valence-electron chi connectivity index (χ0n) is 8.84. The van der Waals surface area contributed by atoms with Gasteiger partial charge in [-0.25, -0.2) is 9.97 Å². The number of hydrogen-bond donors (Lipinski definition) is 1. The van der Waals surface area contributed by atoms with Crippen molar-refractivity contribution in [2.45, 2.75) is 6.42 Å². The highest BCUT2D eigenvalue weighted by atomic mass is 16.5. The average Bonchev–Trinajstić information content (AvgIpc) is 2.30. The molecule has 4 nitrogen and oxygen atoms in total. The van der Waals surface area contributed by atoms with Crippen LogP contribution in [0.2, 0.25) is 0 Å². The van der Waals surface area contributed by atoms with Crippen LogP contribution in [-0.2, 0) is 6.42 Å². The summed E-state index contributed by atoms with van der Waals surface area (Å²) in [5, 5.41) is 0. The average molecular weight is 215 g/mol. The van der Waals surface area contributed by atoms with Gasteiger partial charge in [-0.15, -0.1) is 0 Å². The molecule has 0 bridgehead atoms. The molecule has 2 aromatic rings. The Morgan fingerprint density at radius 2 is 1.94 bits per heavy atom. The zero-order valence-corrected chi connectivity index (χ0v) is 8.84. The van der Waals surface area contributed by atoms with Gasteiger partial charge in [-0.3, -0.25) is 0 Å². The van der Waals surface area contributed by atoms with E-state index in [1.165, 1.54) is 0 Å². The Kier molecular flexibility index (Phi) is 3.33. The molecule has 0 unspecified atom stereocenters. The summed E-state index contributed by atoms with van der Waals surface area (Å²) in [5.41, 5.74) is 5.55. The molecule has 1 aromatic heterocycles. The number of rotatable bonds is 4. The van der Waals surface area contributed by atoms with Crippen LogP contribution in [0.25, 0.3) is 0 Å². The molecule has 0 aliphatic heterocycles. The number of para-hydroxylation sites is 1. The van der Waals surface area contributed by atoms with Crippen molar-refractivity contribution in [3.63, 3.8) is 0 Å². The molecule has 0 aliphatic rings. The minimum Gasteiger partial charge on any atom is -0.493 e. The molecule has 1 aromatic carbocycles. The molecule has 4 heteroatoms. The van der Waals surface area contributed by atoms with E-state index >= 15 is 0 Å². The first kappa shape index (κ1) is 10.4. The van der Waals surface area contributed by atoms with Crippen LogP contribution in [0.1, 0.15) is 5.82 Å². The van der Waals surface area contributed by atoms with Gasteiger partial charge in [0.15, 0.2) is 0 Å². The summed E-state index contributed by atoms with van der Waals surface area (Å²) in [6.45, 7) is 0.549. The van der Waals surface area contributed by atoms with Crippen molar-refractivity contribution in [3.8, 4) is 5.75 Å². The van der Waals surface area contributed by atoms with E-state index in [2.05, 4.69) is 9.97 Å². The molecular formula is C12H13N3O. The van der Waals surface area contributed by atoms with Crippen LogP contribution in [0.3, 0.4) is 0 Å². The van der Waals surface area contributed by atoms with Crippen molar-refractivity contribution in [2.24, 2.45) is 0 Å². The largest absolute Gasteiger partial charge is 0.493 e. The molecule has 82 valence electrons. The SMILES string of the molecule is Nc1ccnc(CCOc2ccccc2)n1. The summed E-state index contributed by atoms with van der Waals surface area (Å²) in [4.78, 5) is 8.19. The van der Waals surface area contributed by atoms with Gasteiger partial charge < -0.3 is 10.5 Å². The Balaban J connectivity index is 1.85. The molecule has 0 saturated carbocycles. The number of aromatic nitrogens is 2. The third kappa shape index (κ3) is 2.95. The summed E-state index contributed by atoms with van der Waals surface area (Å²) in [6.07, 6.45) is 2.31. The second kappa shape index (κ2) is 5.11. The molecule has 0 atom stereocenters. The monoisotopic (exact) mass is 215 g/mol.